The van der Waals surface area contributed by atoms with Gasteiger partial charge in [0.15, 0.2) is 0 Å². The lowest BCUT2D eigenvalue weighted by Gasteiger charge is -2.54. The second kappa shape index (κ2) is 13.7. The van der Waals surface area contributed by atoms with Crippen molar-refractivity contribution in [3.8, 4) is 11.1 Å². The molecule has 2 aliphatic carbocycles. The molecule has 66 heavy (non-hydrogen) atoms. The standard InChI is InChI=1S/C62H70BN3/c1-39-33-40(2)54-51(34-39)65(62(12)32-19-17-30-60(54,62)10)44-37-52-55-53(38-44)66-56-46(59(9)29-16-18-31-61(59,66)11)23-20-24-47(56)63(55)48-36-43(58(6,7)8)26-28-50(48)64(52)49-27-25-42(57(3,4)5)35-45(49)41-21-14-13-15-22-41/h13-15,20-28,33-38H,16-19,29-32H2,1-12H3. The van der Waals surface area contributed by atoms with E-state index >= 15 is 0 Å². The molecular formula is C62H70BN3. The average Bonchev–Trinajstić information content (AvgIpc) is 3.62. The van der Waals surface area contributed by atoms with Crippen LogP contribution >= 0.6 is 0 Å². The zero-order chi connectivity index (χ0) is 46.1. The van der Waals surface area contributed by atoms with Gasteiger partial charge in [0.05, 0.1) is 16.8 Å². The molecule has 0 bridgehead atoms. The number of nitrogens with zero attached hydrogens (tertiary/aromatic N) is 3. The molecule has 4 heteroatoms. The first-order chi connectivity index (χ1) is 31.3. The third kappa shape index (κ3) is 5.39. The highest BCUT2D eigenvalue weighted by molar-refractivity contribution is 7.00. The van der Waals surface area contributed by atoms with Gasteiger partial charge in [-0.05, 0) is 156 Å². The zero-order valence-corrected chi connectivity index (χ0v) is 42.0. The van der Waals surface area contributed by atoms with Crippen LogP contribution in [0.25, 0.3) is 11.1 Å². The number of para-hydroxylation sites is 1. The molecule has 0 aromatic heterocycles. The molecule has 2 saturated carbocycles. The molecule has 12 rings (SSSR count). The summed E-state index contributed by atoms with van der Waals surface area (Å²) in [4.78, 5) is 8.54. The molecule has 4 aliphatic heterocycles. The summed E-state index contributed by atoms with van der Waals surface area (Å²) in [5, 5.41) is 0. The minimum absolute atomic E-state index is 0.00554. The number of hydrogen-bond donors (Lipinski definition) is 0. The van der Waals surface area contributed by atoms with Gasteiger partial charge in [-0.25, -0.2) is 0 Å². The summed E-state index contributed by atoms with van der Waals surface area (Å²) in [7, 11) is 0. The smallest absolute Gasteiger partial charge is 0.252 e. The molecule has 4 atom stereocenters. The quantitative estimate of drug-likeness (QED) is 0.164. The van der Waals surface area contributed by atoms with Crippen molar-refractivity contribution in [3.05, 3.63) is 143 Å². The van der Waals surface area contributed by atoms with Crippen LogP contribution in [-0.2, 0) is 21.7 Å². The number of aryl methyl sites for hydroxylation is 2. The van der Waals surface area contributed by atoms with Crippen LogP contribution in [0.4, 0.5) is 39.8 Å². The number of anilines is 7. The SMILES string of the molecule is Cc1cc(C)c2c(c1)N(c1cc3c4c(c1)N1c5c(cccc5C5(C)CCCCC15C)B4c1cc(C(C)(C)C)ccc1N3c1ccc(C(C)(C)C)cc1-c1ccccc1)C1(C)CCCCC21C. The van der Waals surface area contributed by atoms with Gasteiger partial charge in [0, 0.05) is 50.5 Å². The molecule has 0 amide bonds. The Balaban J connectivity index is 1.24. The highest BCUT2D eigenvalue weighted by Crippen LogP contribution is 2.65. The van der Waals surface area contributed by atoms with Crippen LogP contribution in [0.2, 0.25) is 0 Å². The Labute approximate surface area is 396 Å². The van der Waals surface area contributed by atoms with Crippen molar-refractivity contribution in [2.24, 2.45) is 0 Å². The van der Waals surface area contributed by atoms with Gasteiger partial charge >= 0.3 is 0 Å². The maximum Gasteiger partial charge on any atom is 0.252 e. The summed E-state index contributed by atoms with van der Waals surface area (Å²) in [5.41, 5.74) is 25.0. The summed E-state index contributed by atoms with van der Waals surface area (Å²) in [6.45, 7) is 29.5. The second-order valence-electron chi connectivity index (χ2n) is 24.6. The van der Waals surface area contributed by atoms with E-state index in [9.17, 15) is 0 Å². The molecule has 4 unspecified atom stereocenters. The van der Waals surface area contributed by atoms with Crippen molar-refractivity contribution in [2.75, 3.05) is 14.7 Å². The fraction of sp³-hybridized carbons (Fsp3) is 0.419. The fourth-order valence-electron chi connectivity index (χ4n) is 14.9. The van der Waals surface area contributed by atoms with Crippen molar-refractivity contribution in [2.45, 2.75) is 167 Å². The van der Waals surface area contributed by atoms with E-state index in [2.05, 4.69) is 207 Å². The van der Waals surface area contributed by atoms with Crippen LogP contribution in [0, 0.1) is 13.8 Å². The lowest BCUT2D eigenvalue weighted by atomic mass is 9.33. The van der Waals surface area contributed by atoms with E-state index in [4.69, 9.17) is 0 Å². The third-order valence-corrected chi connectivity index (χ3v) is 18.8. The molecule has 3 nitrogen and oxygen atoms in total. The summed E-state index contributed by atoms with van der Waals surface area (Å²) < 4.78 is 0. The monoisotopic (exact) mass is 868 g/mol. The first-order valence-electron chi connectivity index (χ1n) is 25.5. The van der Waals surface area contributed by atoms with Gasteiger partial charge in [0.25, 0.3) is 6.71 Å². The number of rotatable bonds is 3. The van der Waals surface area contributed by atoms with Crippen LogP contribution in [0.5, 0.6) is 0 Å². The molecule has 0 N–H and O–H groups in total. The van der Waals surface area contributed by atoms with Gasteiger partial charge in [0.1, 0.15) is 0 Å². The Morgan fingerprint density at radius 2 is 1.14 bits per heavy atom. The lowest BCUT2D eigenvalue weighted by molar-refractivity contribution is 0.193. The normalized spacial score (nSPS) is 25.8. The molecule has 6 aromatic carbocycles. The zero-order valence-electron chi connectivity index (χ0n) is 42.0. The summed E-state index contributed by atoms with van der Waals surface area (Å²) in [5.74, 6) is 0. The third-order valence-electron chi connectivity index (χ3n) is 18.8. The van der Waals surface area contributed by atoms with Crippen LogP contribution in [0.15, 0.2) is 109 Å². The second-order valence-corrected chi connectivity index (χ2v) is 24.6. The first-order valence-corrected chi connectivity index (χ1v) is 25.5. The molecule has 0 radical (unpaired) electrons. The van der Waals surface area contributed by atoms with Crippen LogP contribution in [0.3, 0.4) is 0 Å². The number of hydrogen-bond acceptors (Lipinski definition) is 3. The van der Waals surface area contributed by atoms with E-state index in [-0.39, 0.29) is 39.5 Å². The van der Waals surface area contributed by atoms with Crippen molar-refractivity contribution >= 4 is 62.9 Å². The van der Waals surface area contributed by atoms with Gasteiger partial charge < -0.3 is 14.7 Å². The topological polar surface area (TPSA) is 9.72 Å². The Bertz CT molecular complexity index is 3020. The van der Waals surface area contributed by atoms with Crippen LogP contribution in [0.1, 0.15) is 154 Å². The van der Waals surface area contributed by atoms with Crippen LogP contribution in [-0.4, -0.2) is 17.8 Å². The van der Waals surface area contributed by atoms with Gasteiger partial charge in [-0.3, -0.25) is 0 Å². The molecule has 2 fully saturated rings. The van der Waals surface area contributed by atoms with Crippen molar-refractivity contribution in [3.63, 3.8) is 0 Å². The Hall–Kier alpha value is -5.22. The van der Waals surface area contributed by atoms with Gasteiger partial charge in [-0.1, -0.05) is 154 Å². The lowest BCUT2D eigenvalue weighted by Crippen LogP contribution is -2.64. The Morgan fingerprint density at radius 1 is 0.515 bits per heavy atom. The highest BCUT2D eigenvalue weighted by Gasteiger charge is 2.63. The Kier molecular flexibility index (Phi) is 8.75. The molecule has 6 aromatic rings. The van der Waals surface area contributed by atoms with Crippen molar-refractivity contribution in [1.82, 2.24) is 0 Å². The molecular weight excluding hydrogens is 798 g/mol. The van der Waals surface area contributed by atoms with E-state index < -0.39 is 0 Å². The summed E-state index contributed by atoms with van der Waals surface area (Å²) in [6.07, 6.45) is 9.86. The van der Waals surface area contributed by atoms with E-state index in [1.54, 1.807) is 11.1 Å². The van der Waals surface area contributed by atoms with Gasteiger partial charge in [-0.2, -0.15) is 0 Å². The average molecular weight is 868 g/mol. The van der Waals surface area contributed by atoms with E-state index in [1.807, 2.05) is 0 Å². The minimum Gasteiger partial charge on any atom is -0.335 e. The minimum atomic E-state index is -0.0823. The largest absolute Gasteiger partial charge is 0.335 e. The molecule has 0 saturated heterocycles. The summed E-state index contributed by atoms with van der Waals surface area (Å²) >= 11 is 0. The first kappa shape index (κ1) is 42.2. The molecule has 4 heterocycles. The molecule has 336 valence electrons. The van der Waals surface area contributed by atoms with Crippen molar-refractivity contribution in [1.29, 1.82) is 0 Å². The van der Waals surface area contributed by atoms with E-state index in [0.29, 0.717) is 0 Å². The van der Waals surface area contributed by atoms with Crippen molar-refractivity contribution < 1.29 is 0 Å². The van der Waals surface area contributed by atoms with Gasteiger partial charge in [0.2, 0.25) is 0 Å². The van der Waals surface area contributed by atoms with E-state index in [1.165, 1.54) is 141 Å². The van der Waals surface area contributed by atoms with Gasteiger partial charge in [-0.15, -0.1) is 0 Å². The maximum absolute atomic E-state index is 2.94. The van der Waals surface area contributed by atoms with E-state index in [0.717, 1.165) is 0 Å². The predicted molar refractivity (Wildman–Crippen MR) is 284 cm³/mol. The highest BCUT2D eigenvalue weighted by atomic mass is 15.3. The predicted octanol–water partition coefficient (Wildman–Crippen LogP) is 14.7. The van der Waals surface area contributed by atoms with Crippen LogP contribution < -0.4 is 31.1 Å². The molecule has 0 spiro atoms. The fourth-order valence-corrected chi connectivity index (χ4v) is 14.9. The molecule has 6 aliphatic rings. The summed E-state index contributed by atoms with van der Waals surface area (Å²) in [6, 6.07) is 43.9. The Morgan fingerprint density at radius 3 is 1.83 bits per heavy atom. The maximum atomic E-state index is 2.94. The number of benzene rings is 6. The number of fused-ring (bicyclic) bond motifs is 10.